The molecule has 2 saturated heterocycles. The van der Waals surface area contributed by atoms with Gasteiger partial charge in [-0.15, -0.1) is 0 Å². The molecular weight excluding hydrogens is 527 g/mol. The average molecular weight is 554 g/mol. The lowest BCUT2D eigenvalue weighted by Gasteiger charge is -2.31. The number of hydrogen-bond donors (Lipinski definition) is 1. The first-order chi connectivity index (χ1) is 18.9. The van der Waals surface area contributed by atoms with Gasteiger partial charge in [-0.2, -0.15) is 9.97 Å². The molecule has 0 aliphatic carbocycles. The summed E-state index contributed by atoms with van der Waals surface area (Å²) in [6.45, 7) is 3.02. The minimum Gasteiger partial charge on any atom is -0.461 e. The molecule has 3 aliphatic heterocycles. The molecular formula is C27H26F3N7OS. The molecule has 0 radical (unpaired) electrons. The summed E-state index contributed by atoms with van der Waals surface area (Å²) in [7, 11) is 0. The maximum atomic E-state index is 16.3. The molecule has 3 aromatic heterocycles. The van der Waals surface area contributed by atoms with Crippen LogP contribution in [0.25, 0.3) is 32.4 Å². The van der Waals surface area contributed by atoms with E-state index in [0.717, 1.165) is 50.1 Å². The van der Waals surface area contributed by atoms with E-state index in [0.29, 0.717) is 36.3 Å². The van der Waals surface area contributed by atoms with Crippen LogP contribution in [-0.2, 0) is 0 Å². The van der Waals surface area contributed by atoms with E-state index in [4.69, 9.17) is 10.5 Å². The summed E-state index contributed by atoms with van der Waals surface area (Å²) in [4.78, 5) is 21.9. The molecule has 2 N–H and O–H groups in total. The Morgan fingerprint density at radius 2 is 1.85 bits per heavy atom. The largest absolute Gasteiger partial charge is 0.461 e. The van der Waals surface area contributed by atoms with Gasteiger partial charge in [0, 0.05) is 18.3 Å². The number of nitrogens with two attached hydrogens (primary N) is 1. The maximum Gasteiger partial charge on any atom is 0.319 e. The molecule has 0 spiro atoms. The second-order valence-electron chi connectivity index (χ2n) is 10.4. The van der Waals surface area contributed by atoms with Crippen molar-refractivity contribution in [2.24, 2.45) is 0 Å². The van der Waals surface area contributed by atoms with Gasteiger partial charge in [0.25, 0.3) is 0 Å². The van der Waals surface area contributed by atoms with Gasteiger partial charge < -0.3 is 15.4 Å². The lowest BCUT2D eigenvalue weighted by Crippen LogP contribution is -2.43. The van der Waals surface area contributed by atoms with Crippen molar-refractivity contribution in [3.8, 4) is 17.3 Å². The molecule has 1 aromatic carbocycles. The Bertz CT molecular complexity index is 1630. The number of nitrogen functional groups attached to an aromatic ring is 1. The van der Waals surface area contributed by atoms with Crippen LogP contribution in [0.5, 0.6) is 6.01 Å². The van der Waals surface area contributed by atoms with Crippen molar-refractivity contribution in [3.63, 3.8) is 0 Å². The summed E-state index contributed by atoms with van der Waals surface area (Å²) < 4.78 is 51.4. The lowest BCUT2D eigenvalue weighted by atomic mass is 9.95. The number of ether oxygens (including phenoxy) is 1. The highest BCUT2D eigenvalue weighted by Crippen LogP contribution is 2.40. The third-order valence-corrected chi connectivity index (χ3v) is 8.99. The summed E-state index contributed by atoms with van der Waals surface area (Å²) in [5, 5.41) is 0.515. The smallest absolute Gasteiger partial charge is 0.319 e. The van der Waals surface area contributed by atoms with E-state index in [1.54, 1.807) is 11.0 Å². The van der Waals surface area contributed by atoms with Gasteiger partial charge in [-0.1, -0.05) is 11.3 Å². The predicted molar refractivity (Wildman–Crippen MR) is 145 cm³/mol. The summed E-state index contributed by atoms with van der Waals surface area (Å²) >= 11 is 0.991. The highest BCUT2D eigenvalue weighted by atomic mass is 32.1. The number of rotatable bonds is 5. The number of anilines is 2. The van der Waals surface area contributed by atoms with Crippen LogP contribution in [0.1, 0.15) is 32.1 Å². The van der Waals surface area contributed by atoms with Crippen LogP contribution >= 0.6 is 11.3 Å². The monoisotopic (exact) mass is 553 g/mol. The van der Waals surface area contributed by atoms with Crippen LogP contribution in [-0.4, -0.2) is 63.2 Å². The Morgan fingerprint density at radius 1 is 1.03 bits per heavy atom. The first kappa shape index (κ1) is 24.5. The third kappa shape index (κ3) is 4.08. The number of pyridine rings is 1. The first-order valence-electron chi connectivity index (χ1n) is 13.1. The molecule has 12 heteroatoms. The van der Waals surface area contributed by atoms with Crippen LogP contribution in [0.3, 0.4) is 0 Å². The fourth-order valence-corrected chi connectivity index (χ4v) is 7.01. The molecule has 2 fully saturated rings. The van der Waals surface area contributed by atoms with Gasteiger partial charge in [-0.3, -0.25) is 9.88 Å². The van der Waals surface area contributed by atoms with Gasteiger partial charge in [-0.05, 0) is 63.4 Å². The molecule has 7 rings (SSSR count). The SMILES string of the molecule is Nc1nc2c(-c3ncc4c(N5CCC=C(F)C5)nc(OCC56CCCN5CCC6)nc4c3F)ccc(F)c2s1. The normalized spacial score (nSPS) is 19.2. The number of fused-ring (bicyclic) bond motifs is 3. The molecule has 4 aromatic rings. The van der Waals surface area contributed by atoms with E-state index < -0.39 is 11.6 Å². The standard InChI is InChI=1S/C27H26F3N7OS/c28-15-4-1-9-36(13-15)24-17-12-32-20(16-5-6-18(29)23-22(16)33-25(31)39-23)19(30)21(17)34-26(35-24)38-14-27-7-2-10-37(27)11-3-8-27/h4-6,12H,1-3,7-11,13-14H2,(H2,31,33). The Morgan fingerprint density at radius 3 is 2.64 bits per heavy atom. The summed E-state index contributed by atoms with van der Waals surface area (Å²) in [5.74, 6) is -1.11. The van der Waals surface area contributed by atoms with Gasteiger partial charge in [0.15, 0.2) is 10.9 Å². The van der Waals surface area contributed by atoms with Crippen LogP contribution in [0.4, 0.5) is 24.1 Å². The Labute approximate surface area is 226 Å². The van der Waals surface area contributed by atoms with Crippen molar-refractivity contribution in [2.45, 2.75) is 37.6 Å². The quantitative estimate of drug-likeness (QED) is 0.359. The van der Waals surface area contributed by atoms with E-state index in [-0.39, 0.29) is 50.5 Å². The third-order valence-electron chi connectivity index (χ3n) is 8.10. The van der Waals surface area contributed by atoms with Gasteiger partial charge in [0.05, 0.1) is 27.7 Å². The van der Waals surface area contributed by atoms with Crippen LogP contribution in [0.15, 0.2) is 30.2 Å². The highest BCUT2D eigenvalue weighted by Gasteiger charge is 2.45. The molecule has 0 bridgehead atoms. The van der Waals surface area contributed by atoms with Crippen LogP contribution in [0, 0.1) is 11.6 Å². The van der Waals surface area contributed by atoms with Crippen LogP contribution in [0.2, 0.25) is 0 Å². The summed E-state index contributed by atoms with van der Waals surface area (Å²) in [5.41, 5.74) is 6.29. The van der Waals surface area contributed by atoms with E-state index in [2.05, 4.69) is 24.8 Å². The molecule has 0 atom stereocenters. The second kappa shape index (κ2) is 9.30. The molecule has 0 saturated carbocycles. The number of hydrogen-bond acceptors (Lipinski definition) is 9. The lowest BCUT2D eigenvalue weighted by molar-refractivity contribution is 0.108. The molecule has 8 nitrogen and oxygen atoms in total. The second-order valence-corrected chi connectivity index (χ2v) is 11.4. The Kier molecular flexibility index (Phi) is 5.85. The van der Waals surface area contributed by atoms with Crippen molar-refractivity contribution < 1.29 is 17.9 Å². The van der Waals surface area contributed by atoms with Crippen molar-refractivity contribution in [2.75, 3.05) is 43.4 Å². The van der Waals surface area contributed by atoms with E-state index in [1.807, 2.05) is 0 Å². The molecule has 0 unspecified atom stereocenters. The average Bonchev–Trinajstić information content (AvgIpc) is 3.62. The molecule has 39 heavy (non-hydrogen) atoms. The zero-order valence-corrected chi connectivity index (χ0v) is 21.9. The predicted octanol–water partition coefficient (Wildman–Crippen LogP) is 5.23. The van der Waals surface area contributed by atoms with E-state index in [1.165, 1.54) is 18.3 Å². The van der Waals surface area contributed by atoms with Crippen molar-refractivity contribution in [1.82, 2.24) is 24.8 Å². The maximum absolute atomic E-state index is 16.3. The molecule has 202 valence electrons. The van der Waals surface area contributed by atoms with Gasteiger partial charge in [0.2, 0.25) is 0 Å². The minimum absolute atomic E-state index is 0.00263. The highest BCUT2D eigenvalue weighted by molar-refractivity contribution is 7.22. The number of nitrogens with zero attached hydrogens (tertiary/aromatic N) is 6. The first-order valence-corrected chi connectivity index (χ1v) is 13.9. The van der Waals surface area contributed by atoms with Crippen molar-refractivity contribution in [1.29, 1.82) is 0 Å². The number of halogens is 3. The summed E-state index contributed by atoms with van der Waals surface area (Å²) in [6, 6.07) is 2.73. The zero-order valence-electron chi connectivity index (χ0n) is 21.1. The molecule has 6 heterocycles. The van der Waals surface area contributed by atoms with Gasteiger partial charge in [0.1, 0.15) is 35.3 Å². The minimum atomic E-state index is -0.713. The fraction of sp³-hybridized carbons (Fsp3) is 0.407. The summed E-state index contributed by atoms with van der Waals surface area (Å²) in [6.07, 6.45) is 7.82. The zero-order chi connectivity index (χ0) is 26.7. The molecule has 3 aliphatic rings. The van der Waals surface area contributed by atoms with Crippen LogP contribution < -0.4 is 15.4 Å². The molecule has 0 amide bonds. The van der Waals surface area contributed by atoms with Gasteiger partial charge >= 0.3 is 6.01 Å². The fourth-order valence-electron chi connectivity index (χ4n) is 6.24. The van der Waals surface area contributed by atoms with Crippen molar-refractivity contribution in [3.05, 3.63) is 41.9 Å². The number of thiazole rings is 1. The van der Waals surface area contributed by atoms with E-state index >= 15 is 4.39 Å². The van der Waals surface area contributed by atoms with E-state index in [9.17, 15) is 8.78 Å². The number of aromatic nitrogens is 4. The Hall–Kier alpha value is -3.51. The van der Waals surface area contributed by atoms with Crippen molar-refractivity contribution >= 4 is 43.4 Å². The topological polar surface area (TPSA) is 93.3 Å². The Balaban J connectivity index is 1.35. The number of benzene rings is 1. The van der Waals surface area contributed by atoms with Gasteiger partial charge in [-0.25, -0.2) is 18.2 Å².